The van der Waals surface area contributed by atoms with Crippen LogP contribution < -0.4 is 15.8 Å². The highest BCUT2D eigenvalue weighted by Crippen LogP contribution is 2.18. The monoisotopic (exact) mass is 360 g/mol. The van der Waals surface area contributed by atoms with Crippen LogP contribution in [0.15, 0.2) is 51.7 Å². The van der Waals surface area contributed by atoms with Crippen molar-refractivity contribution in [3.05, 3.63) is 63.6 Å². The molecule has 130 valence electrons. The van der Waals surface area contributed by atoms with Gasteiger partial charge in [0.1, 0.15) is 12.3 Å². The van der Waals surface area contributed by atoms with Crippen LogP contribution in [0.25, 0.3) is 11.1 Å². The second-order valence-electron chi connectivity index (χ2n) is 5.51. The number of amides is 1. The number of aromatic nitrogens is 1. The molecule has 0 aliphatic rings. The number of benzene rings is 2. The molecule has 0 atom stereocenters. The molecule has 0 aliphatic carbocycles. The minimum absolute atomic E-state index is 0.101. The van der Waals surface area contributed by atoms with Crippen molar-refractivity contribution >= 4 is 28.6 Å². The van der Waals surface area contributed by atoms with E-state index in [1.54, 1.807) is 25.3 Å². The summed E-state index contributed by atoms with van der Waals surface area (Å²) in [6.45, 7) is 0.373. The Morgan fingerprint density at radius 2 is 2.00 bits per heavy atom. The Kier molecular flexibility index (Phi) is 5.09. The van der Waals surface area contributed by atoms with Crippen molar-refractivity contribution in [1.82, 2.24) is 9.88 Å². The van der Waals surface area contributed by atoms with Gasteiger partial charge in [-0.05, 0) is 36.2 Å². The van der Waals surface area contributed by atoms with Crippen molar-refractivity contribution in [3.63, 3.8) is 0 Å². The van der Waals surface area contributed by atoms with Gasteiger partial charge in [-0.1, -0.05) is 23.7 Å². The Hall–Kier alpha value is -2.73. The van der Waals surface area contributed by atoms with E-state index in [1.165, 1.54) is 4.57 Å². The molecule has 3 rings (SSSR count). The molecule has 0 saturated heterocycles. The SMILES string of the molecule is COc1ccc(CCNC(=O)Cn2c(=O)oc3cc(Cl)ccc32)cc1. The highest BCUT2D eigenvalue weighted by atomic mass is 35.5. The minimum Gasteiger partial charge on any atom is -0.497 e. The zero-order valence-electron chi connectivity index (χ0n) is 13.6. The molecule has 1 amide bonds. The molecule has 0 spiro atoms. The van der Waals surface area contributed by atoms with Gasteiger partial charge in [-0.2, -0.15) is 0 Å². The van der Waals surface area contributed by atoms with Crippen LogP contribution in [0.3, 0.4) is 0 Å². The van der Waals surface area contributed by atoms with E-state index < -0.39 is 5.76 Å². The first-order valence-electron chi connectivity index (χ1n) is 7.75. The Morgan fingerprint density at radius 1 is 1.24 bits per heavy atom. The van der Waals surface area contributed by atoms with Crippen LogP contribution in [0, 0.1) is 0 Å². The smallest absolute Gasteiger partial charge is 0.420 e. The summed E-state index contributed by atoms with van der Waals surface area (Å²) in [5.74, 6) is -0.0464. The van der Waals surface area contributed by atoms with Crippen LogP contribution in [0.5, 0.6) is 5.75 Å². The number of carbonyl (C=O) groups excluding carboxylic acids is 1. The van der Waals surface area contributed by atoms with Crippen molar-refractivity contribution in [1.29, 1.82) is 0 Å². The second kappa shape index (κ2) is 7.44. The normalized spacial score (nSPS) is 10.8. The minimum atomic E-state index is -0.581. The van der Waals surface area contributed by atoms with Crippen LogP contribution in [0.4, 0.5) is 0 Å². The number of nitrogens with one attached hydrogen (secondary N) is 1. The summed E-state index contributed by atoms with van der Waals surface area (Å²) in [6.07, 6.45) is 0.687. The maximum Gasteiger partial charge on any atom is 0.420 e. The second-order valence-corrected chi connectivity index (χ2v) is 5.95. The number of rotatable bonds is 6. The molecule has 2 aromatic carbocycles. The van der Waals surface area contributed by atoms with Crippen LogP contribution in [0.2, 0.25) is 5.02 Å². The zero-order chi connectivity index (χ0) is 17.8. The number of halogens is 1. The Labute approximate surface area is 149 Å². The van der Waals surface area contributed by atoms with Gasteiger partial charge in [-0.3, -0.25) is 9.36 Å². The van der Waals surface area contributed by atoms with E-state index in [1.807, 2.05) is 24.3 Å². The molecule has 0 aliphatic heterocycles. The maximum absolute atomic E-state index is 12.1. The number of nitrogens with zero attached hydrogens (tertiary/aromatic N) is 1. The molecule has 25 heavy (non-hydrogen) atoms. The van der Waals surface area contributed by atoms with E-state index >= 15 is 0 Å². The van der Waals surface area contributed by atoms with Crippen molar-refractivity contribution in [2.24, 2.45) is 0 Å². The van der Waals surface area contributed by atoms with E-state index in [2.05, 4.69) is 5.32 Å². The Balaban J connectivity index is 1.59. The zero-order valence-corrected chi connectivity index (χ0v) is 14.4. The van der Waals surface area contributed by atoms with Gasteiger partial charge in [-0.25, -0.2) is 4.79 Å². The van der Waals surface area contributed by atoms with Gasteiger partial charge in [0.05, 0.1) is 12.6 Å². The third-order valence-corrected chi connectivity index (χ3v) is 4.06. The molecule has 0 radical (unpaired) electrons. The lowest BCUT2D eigenvalue weighted by Gasteiger charge is -2.07. The number of hydrogen-bond donors (Lipinski definition) is 1. The molecule has 6 nitrogen and oxygen atoms in total. The average Bonchev–Trinajstić information content (AvgIpc) is 2.90. The van der Waals surface area contributed by atoms with Gasteiger partial charge in [-0.15, -0.1) is 0 Å². The molecule has 1 heterocycles. The maximum atomic E-state index is 12.1. The number of hydrogen-bond acceptors (Lipinski definition) is 4. The molecule has 0 saturated carbocycles. The Bertz CT molecular complexity index is 944. The van der Waals surface area contributed by atoms with Crippen LogP contribution in [0.1, 0.15) is 5.56 Å². The fourth-order valence-corrected chi connectivity index (χ4v) is 2.69. The first-order valence-corrected chi connectivity index (χ1v) is 8.13. The standard InChI is InChI=1S/C18H17ClN2O4/c1-24-14-5-2-12(3-6-14)8-9-20-17(22)11-21-15-7-4-13(19)10-16(15)25-18(21)23/h2-7,10H,8-9,11H2,1H3,(H,20,22). The summed E-state index contributed by atoms with van der Waals surface area (Å²) in [6, 6.07) is 12.5. The molecule has 0 fully saturated rings. The van der Waals surface area contributed by atoms with Gasteiger partial charge in [0.15, 0.2) is 5.58 Å². The van der Waals surface area contributed by atoms with Crippen LogP contribution in [-0.2, 0) is 17.8 Å². The van der Waals surface area contributed by atoms with Gasteiger partial charge in [0, 0.05) is 17.6 Å². The first-order chi connectivity index (χ1) is 12.1. The van der Waals surface area contributed by atoms with E-state index in [0.29, 0.717) is 29.1 Å². The molecule has 3 aromatic rings. The summed E-state index contributed by atoms with van der Waals surface area (Å²) in [7, 11) is 1.62. The van der Waals surface area contributed by atoms with Gasteiger partial charge >= 0.3 is 5.76 Å². The summed E-state index contributed by atoms with van der Waals surface area (Å²) in [4.78, 5) is 24.0. The lowest BCUT2D eigenvalue weighted by atomic mass is 10.1. The number of fused-ring (bicyclic) bond motifs is 1. The average molecular weight is 361 g/mol. The summed E-state index contributed by atoms with van der Waals surface area (Å²) >= 11 is 5.87. The topological polar surface area (TPSA) is 73.5 Å². The molecular weight excluding hydrogens is 344 g/mol. The number of methoxy groups -OCH3 is 1. The number of ether oxygens (including phenoxy) is 1. The van der Waals surface area contributed by atoms with E-state index in [4.69, 9.17) is 20.8 Å². The van der Waals surface area contributed by atoms with Crippen molar-refractivity contribution in [2.75, 3.05) is 13.7 Å². The van der Waals surface area contributed by atoms with Crippen LogP contribution >= 0.6 is 11.6 Å². The fourth-order valence-electron chi connectivity index (χ4n) is 2.53. The van der Waals surface area contributed by atoms with Gasteiger partial charge in [0.2, 0.25) is 5.91 Å². The van der Waals surface area contributed by atoms with Gasteiger partial charge in [0.25, 0.3) is 0 Å². The lowest BCUT2D eigenvalue weighted by molar-refractivity contribution is -0.121. The number of carbonyl (C=O) groups is 1. The molecular formula is C18H17ClN2O4. The lowest BCUT2D eigenvalue weighted by Crippen LogP contribution is -2.32. The highest BCUT2D eigenvalue weighted by Gasteiger charge is 2.12. The highest BCUT2D eigenvalue weighted by molar-refractivity contribution is 6.31. The third-order valence-electron chi connectivity index (χ3n) is 3.83. The predicted molar refractivity (Wildman–Crippen MR) is 95.2 cm³/mol. The molecule has 0 bridgehead atoms. The quantitative estimate of drug-likeness (QED) is 0.733. The van der Waals surface area contributed by atoms with Gasteiger partial charge < -0.3 is 14.5 Å². The first kappa shape index (κ1) is 17.1. The largest absolute Gasteiger partial charge is 0.497 e. The summed E-state index contributed by atoms with van der Waals surface area (Å²) in [5, 5.41) is 3.27. The van der Waals surface area contributed by atoms with E-state index in [9.17, 15) is 9.59 Å². The molecule has 7 heteroatoms. The summed E-state index contributed by atoms with van der Waals surface area (Å²) in [5.41, 5.74) is 1.99. The number of oxazole rings is 1. The Morgan fingerprint density at radius 3 is 2.72 bits per heavy atom. The van der Waals surface area contributed by atoms with Crippen LogP contribution in [-0.4, -0.2) is 24.1 Å². The van der Waals surface area contributed by atoms with E-state index in [-0.39, 0.29) is 12.5 Å². The third kappa shape index (κ3) is 4.03. The van der Waals surface area contributed by atoms with Crippen molar-refractivity contribution in [2.45, 2.75) is 13.0 Å². The summed E-state index contributed by atoms with van der Waals surface area (Å²) < 4.78 is 11.5. The molecule has 0 unspecified atom stereocenters. The molecule has 1 aromatic heterocycles. The van der Waals surface area contributed by atoms with Crippen molar-refractivity contribution in [3.8, 4) is 5.75 Å². The molecule has 1 N–H and O–H groups in total. The van der Waals surface area contributed by atoms with E-state index in [0.717, 1.165) is 11.3 Å². The van der Waals surface area contributed by atoms with Crippen molar-refractivity contribution < 1.29 is 13.9 Å². The predicted octanol–water partition coefficient (Wildman–Crippen LogP) is 2.62. The fraction of sp³-hybridized carbons (Fsp3) is 0.222.